The average molecular weight is 95.0 g/mol. The molecule has 0 aromatic heterocycles. The molecule has 0 heterocycles. The molecule has 0 bridgehead atoms. The molecule has 0 aliphatic rings. The van der Waals surface area contributed by atoms with Gasteiger partial charge in [0.25, 0.3) is 0 Å². The van der Waals surface area contributed by atoms with Crippen molar-refractivity contribution in [3.8, 4) is 0 Å². The fourth-order valence-corrected chi connectivity index (χ4v) is 0. The Morgan fingerprint density at radius 2 is 1.75 bits per heavy atom. The first kappa shape index (κ1) is 8.83. The van der Waals surface area contributed by atoms with E-state index in [0.717, 1.165) is 0 Å². The zero-order valence-electron chi connectivity index (χ0n) is 2.89. The standard InChI is InChI=1S/CH3N.CH3.V/c1-2;;/h1H3;1H3;/q;-1;. The van der Waals surface area contributed by atoms with E-state index in [0.29, 0.717) is 0 Å². The van der Waals surface area contributed by atoms with Crippen molar-refractivity contribution in [2.24, 2.45) is 3.79 Å². The van der Waals surface area contributed by atoms with Crippen LogP contribution >= 0.6 is 0 Å². The van der Waals surface area contributed by atoms with Gasteiger partial charge in [-0.3, -0.25) is 0 Å². The maximum atomic E-state index is 3.44. The maximum Gasteiger partial charge on any atom is -0.358 e. The zero-order valence-corrected chi connectivity index (χ0v) is 4.29. The monoisotopic (exact) mass is 95.0 g/mol. The summed E-state index contributed by atoms with van der Waals surface area (Å²) < 4.78 is 3.44. The Balaban J connectivity index is 0. The molecule has 0 fully saturated rings. The summed E-state index contributed by atoms with van der Waals surface area (Å²) in [5.74, 6) is 0. The van der Waals surface area contributed by atoms with Gasteiger partial charge in [-0.1, -0.05) is 0 Å². The Morgan fingerprint density at radius 1 is 1.75 bits per heavy atom. The second-order valence-corrected chi connectivity index (χ2v) is 0.825. The number of hydrogen-bond acceptors (Lipinski definition) is 1. The summed E-state index contributed by atoms with van der Waals surface area (Å²) in [7, 11) is 1.72. The van der Waals surface area contributed by atoms with E-state index in [4.69, 9.17) is 0 Å². The van der Waals surface area contributed by atoms with Crippen molar-refractivity contribution in [1.29, 1.82) is 0 Å². The molecule has 0 atom stereocenters. The summed E-state index contributed by atoms with van der Waals surface area (Å²) in [4.78, 5) is 0. The van der Waals surface area contributed by atoms with Crippen molar-refractivity contribution in [3.63, 3.8) is 0 Å². The summed E-state index contributed by atoms with van der Waals surface area (Å²) in [6, 6.07) is 0. The first-order valence-corrected chi connectivity index (χ1v) is 1.27. The Labute approximate surface area is 36.2 Å². The van der Waals surface area contributed by atoms with Crippen LogP contribution in [0.1, 0.15) is 0 Å². The molecule has 4 heavy (non-hydrogen) atoms. The van der Waals surface area contributed by atoms with Crippen LogP contribution in [0.4, 0.5) is 0 Å². The van der Waals surface area contributed by atoms with Gasteiger partial charge >= 0.3 is 28.1 Å². The van der Waals surface area contributed by atoms with E-state index in [9.17, 15) is 0 Å². The van der Waals surface area contributed by atoms with Crippen LogP contribution in [0.2, 0.25) is 0 Å². The summed E-state index contributed by atoms with van der Waals surface area (Å²) in [6.07, 6.45) is 0. The summed E-state index contributed by atoms with van der Waals surface area (Å²) in [5, 5.41) is 0. The van der Waals surface area contributed by atoms with Gasteiger partial charge in [0, 0.05) is 0 Å². The van der Waals surface area contributed by atoms with E-state index < -0.39 is 0 Å². The molecule has 1 nitrogen and oxygen atoms in total. The van der Waals surface area contributed by atoms with Gasteiger partial charge in [0.2, 0.25) is 0 Å². The van der Waals surface area contributed by atoms with Crippen molar-refractivity contribution in [1.82, 2.24) is 0 Å². The third-order valence-electron chi connectivity index (χ3n) is 0. The van der Waals surface area contributed by atoms with E-state index in [2.05, 4.69) is 21.0 Å². The van der Waals surface area contributed by atoms with E-state index in [1.165, 1.54) is 0 Å². The summed E-state index contributed by atoms with van der Waals surface area (Å²) in [5.41, 5.74) is 0. The molecule has 0 saturated heterocycles. The third kappa shape index (κ3) is 30.9. The van der Waals surface area contributed by atoms with E-state index in [-0.39, 0.29) is 7.43 Å². The van der Waals surface area contributed by atoms with Gasteiger partial charge in [-0.2, -0.15) is 0 Å². The predicted molar refractivity (Wildman–Crippen MR) is 14.8 cm³/mol. The van der Waals surface area contributed by atoms with Crippen LogP contribution < -0.4 is 0 Å². The third-order valence-corrected chi connectivity index (χ3v) is 0. The van der Waals surface area contributed by atoms with Gasteiger partial charge in [0.1, 0.15) is 0 Å². The first-order valence-electron chi connectivity index (χ1n) is 0.647. The smallest absolute Gasteiger partial charge is 0.358 e. The quantitative estimate of drug-likeness (QED) is 0.394. The van der Waals surface area contributed by atoms with Crippen molar-refractivity contribution >= 4 is 0 Å². The van der Waals surface area contributed by atoms with Crippen LogP contribution in [0.5, 0.6) is 0 Å². The average Bonchev–Trinajstić information content (AvgIpc) is 0.918. The van der Waals surface area contributed by atoms with Crippen LogP contribution in [-0.4, -0.2) is 7.05 Å². The van der Waals surface area contributed by atoms with E-state index in [1.54, 1.807) is 7.05 Å². The van der Waals surface area contributed by atoms with Gasteiger partial charge in [-0.15, -0.1) is 0 Å². The molecule has 25 valence electrons. The van der Waals surface area contributed by atoms with Crippen molar-refractivity contribution in [3.05, 3.63) is 7.43 Å². The molecule has 0 unspecified atom stereocenters. The normalized spacial score (nSPS) is 3.00. The van der Waals surface area contributed by atoms with Gasteiger partial charge in [0.15, 0.2) is 0 Å². The maximum absolute atomic E-state index is 3.44. The minimum atomic E-state index is 0. The predicted octanol–water partition coefficient (Wildman–Crippen LogP) is 0.797. The van der Waals surface area contributed by atoms with Gasteiger partial charge < -0.3 is 7.43 Å². The minimum Gasteiger partial charge on any atom is -0.358 e. The second kappa shape index (κ2) is 10.0. The molecule has 0 saturated carbocycles. The Morgan fingerprint density at radius 3 is 1.75 bits per heavy atom. The Hall–Kier alpha value is 0.384. The van der Waals surface area contributed by atoms with Crippen LogP contribution in [0.15, 0.2) is 3.79 Å². The molecule has 0 aliphatic heterocycles. The molecule has 0 aromatic rings. The molecule has 0 spiro atoms. The number of hydrogen-bond donors (Lipinski definition) is 0. The molecule has 0 aromatic carbocycles. The Bertz CT molecular complexity index is 13.5. The fourth-order valence-electron chi connectivity index (χ4n) is 0. The SMILES string of the molecule is C[N]=[V].[CH3-]. The van der Waals surface area contributed by atoms with E-state index in [1.807, 2.05) is 0 Å². The van der Waals surface area contributed by atoms with Crippen LogP contribution in [-0.2, 0) is 17.2 Å². The minimum absolute atomic E-state index is 0. The molecular weight excluding hydrogens is 89.0 g/mol. The summed E-state index contributed by atoms with van der Waals surface area (Å²) >= 11 is 2.09. The molecule has 0 aliphatic carbocycles. The van der Waals surface area contributed by atoms with Gasteiger partial charge in [0.05, 0.1) is 0 Å². The van der Waals surface area contributed by atoms with Crippen molar-refractivity contribution in [2.45, 2.75) is 0 Å². The topological polar surface area (TPSA) is 12.4 Å². The van der Waals surface area contributed by atoms with Gasteiger partial charge in [-0.05, 0) is 0 Å². The second-order valence-electron chi connectivity index (χ2n) is 0.200. The molecule has 0 radical (unpaired) electrons. The fraction of sp³-hybridized carbons (Fsp3) is 0.500. The first-order chi connectivity index (χ1) is 1.41. The zero-order chi connectivity index (χ0) is 2.71. The largest absolute Gasteiger partial charge is 0.358 e. The molecule has 2 heteroatoms. The molecule has 0 amide bonds. The van der Waals surface area contributed by atoms with Crippen LogP contribution in [0.25, 0.3) is 0 Å². The van der Waals surface area contributed by atoms with Crippen molar-refractivity contribution < 1.29 is 17.2 Å². The van der Waals surface area contributed by atoms with E-state index >= 15 is 0 Å². The molecular formula is C2H6NV-. The summed E-state index contributed by atoms with van der Waals surface area (Å²) in [6.45, 7) is 0. The van der Waals surface area contributed by atoms with Crippen LogP contribution in [0, 0.1) is 7.43 Å². The van der Waals surface area contributed by atoms with Gasteiger partial charge in [-0.25, -0.2) is 0 Å². The Kier molecular flexibility index (Phi) is 22.2. The van der Waals surface area contributed by atoms with Crippen LogP contribution in [0.3, 0.4) is 0 Å². The van der Waals surface area contributed by atoms with Crippen molar-refractivity contribution in [2.75, 3.05) is 7.05 Å². The number of rotatable bonds is 0. The number of nitrogens with zero attached hydrogens (tertiary/aromatic N) is 1. The molecule has 0 N–H and O–H groups in total. The molecule has 0 rings (SSSR count).